The van der Waals surface area contributed by atoms with E-state index in [9.17, 15) is 4.79 Å². The van der Waals surface area contributed by atoms with Crippen LogP contribution in [0.4, 0.5) is 4.79 Å². The molecule has 1 amide bonds. The Hall–Kier alpha value is -1.55. The van der Waals surface area contributed by atoms with E-state index in [0.717, 1.165) is 11.1 Å². The van der Waals surface area contributed by atoms with Crippen LogP contribution in [0.25, 0.3) is 0 Å². The fourth-order valence-corrected chi connectivity index (χ4v) is 1.94. The van der Waals surface area contributed by atoms with Crippen molar-refractivity contribution in [3.63, 3.8) is 0 Å². The van der Waals surface area contributed by atoms with Gasteiger partial charge in [0.05, 0.1) is 0 Å². The quantitative estimate of drug-likeness (QED) is 0.875. The van der Waals surface area contributed by atoms with Gasteiger partial charge in [0.1, 0.15) is 12.2 Å². The molecule has 0 radical (unpaired) electrons. The van der Waals surface area contributed by atoms with E-state index < -0.39 is 6.09 Å². The van der Waals surface area contributed by atoms with Gasteiger partial charge in [-0.2, -0.15) is 0 Å². The number of amides is 1. The molecule has 4 heteroatoms. The van der Waals surface area contributed by atoms with E-state index in [0.29, 0.717) is 6.42 Å². The summed E-state index contributed by atoms with van der Waals surface area (Å²) >= 11 is 0. The van der Waals surface area contributed by atoms with E-state index >= 15 is 0 Å². The number of carbonyl (C=O) groups is 1. The molecule has 0 heterocycles. The first kappa shape index (κ1) is 14.5. The highest BCUT2D eigenvalue weighted by Gasteiger charge is 2.26. The molecule has 1 aromatic rings. The number of alkyl carbamates (subject to hydrolysis) is 1. The zero-order valence-corrected chi connectivity index (χ0v) is 11.4. The molecule has 0 spiro atoms. The summed E-state index contributed by atoms with van der Waals surface area (Å²) in [5.74, 6) is 0. The molecule has 0 aromatic heterocycles. The highest BCUT2D eigenvalue weighted by Crippen LogP contribution is 2.27. The Kier molecular flexibility index (Phi) is 5.65. The van der Waals surface area contributed by atoms with Crippen molar-refractivity contribution in [2.45, 2.75) is 32.5 Å². The van der Waals surface area contributed by atoms with Crippen LogP contribution >= 0.6 is 0 Å². The summed E-state index contributed by atoms with van der Waals surface area (Å²) < 4.78 is 10.8. The van der Waals surface area contributed by atoms with Crippen LogP contribution in [0.1, 0.15) is 30.6 Å². The molecule has 1 N–H and O–H groups in total. The maximum atomic E-state index is 11.3. The minimum Gasteiger partial charge on any atom is -0.443 e. The number of methoxy groups -OCH3 is 1. The molecule has 100 valence electrons. The molecule has 18 heavy (non-hydrogen) atoms. The van der Waals surface area contributed by atoms with Gasteiger partial charge in [-0.25, -0.2) is 4.79 Å². The topological polar surface area (TPSA) is 47.6 Å². The van der Waals surface area contributed by atoms with Gasteiger partial charge in [0.25, 0.3) is 0 Å². The van der Waals surface area contributed by atoms with Gasteiger partial charge in [-0.3, -0.25) is 0 Å². The molecule has 2 atom stereocenters. The van der Waals surface area contributed by atoms with E-state index in [4.69, 9.17) is 9.47 Å². The van der Waals surface area contributed by atoms with Crippen molar-refractivity contribution in [1.82, 2.24) is 5.32 Å². The van der Waals surface area contributed by atoms with Crippen molar-refractivity contribution in [3.8, 4) is 0 Å². The molecule has 1 aromatic carbocycles. The molecule has 0 fully saturated rings. The lowest BCUT2D eigenvalue weighted by Gasteiger charge is -2.26. The van der Waals surface area contributed by atoms with E-state index in [1.807, 2.05) is 38.1 Å². The number of benzene rings is 1. The zero-order valence-electron chi connectivity index (χ0n) is 11.4. The predicted molar refractivity (Wildman–Crippen MR) is 70.5 cm³/mol. The van der Waals surface area contributed by atoms with Crippen LogP contribution in [-0.4, -0.2) is 26.4 Å². The van der Waals surface area contributed by atoms with Crippen LogP contribution in [0.5, 0.6) is 0 Å². The van der Waals surface area contributed by atoms with E-state index in [1.54, 1.807) is 14.2 Å². The zero-order chi connectivity index (χ0) is 13.5. The van der Waals surface area contributed by atoms with Gasteiger partial charge >= 0.3 is 6.09 Å². The molecule has 0 aliphatic rings. The normalized spacial score (nSPS) is 13.8. The average Bonchev–Trinajstić information content (AvgIpc) is 2.40. The van der Waals surface area contributed by atoms with Crippen molar-refractivity contribution >= 4 is 6.09 Å². The SMILES string of the molecule is CCC(OC(=O)NC)C(OC)c1ccccc1C. The van der Waals surface area contributed by atoms with Crippen LogP contribution in [0.3, 0.4) is 0 Å². The molecule has 0 aliphatic carbocycles. The Balaban J connectivity index is 2.93. The summed E-state index contributed by atoms with van der Waals surface area (Å²) in [4.78, 5) is 11.3. The van der Waals surface area contributed by atoms with Crippen molar-refractivity contribution in [2.75, 3.05) is 14.2 Å². The fourth-order valence-electron chi connectivity index (χ4n) is 1.94. The van der Waals surface area contributed by atoms with Crippen LogP contribution in [0.2, 0.25) is 0 Å². The second-order valence-electron chi connectivity index (χ2n) is 4.11. The highest BCUT2D eigenvalue weighted by molar-refractivity contribution is 5.66. The second kappa shape index (κ2) is 7.01. The van der Waals surface area contributed by atoms with Gasteiger partial charge in [0, 0.05) is 14.2 Å². The predicted octanol–water partition coefficient (Wildman–Crippen LogP) is 2.82. The Bertz CT molecular complexity index is 392. The van der Waals surface area contributed by atoms with Gasteiger partial charge in [0.2, 0.25) is 0 Å². The van der Waals surface area contributed by atoms with Crippen molar-refractivity contribution in [2.24, 2.45) is 0 Å². The summed E-state index contributed by atoms with van der Waals surface area (Å²) in [5, 5.41) is 2.46. The lowest BCUT2D eigenvalue weighted by atomic mass is 9.98. The Morgan fingerprint density at radius 2 is 2.06 bits per heavy atom. The fraction of sp³-hybridized carbons (Fsp3) is 0.500. The van der Waals surface area contributed by atoms with Crippen LogP contribution < -0.4 is 5.32 Å². The molecule has 1 rings (SSSR count). The van der Waals surface area contributed by atoms with Gasteiger partial charge in [-0.15, -0.1) is 0 Å². The number of nitrogens with one attached hydrogen (secondary N) is 1. The third-order valence-electron chi connectivity index (χ3n) is 2.95. The van der Waals surface area contributed by atoms with Crippen molar-refractivity contribution in [3.05, 3.63) is 35.4 Å². The van der Waals surface area contributed by atoms with Crippen LogP contribution in [0.15, 0.2) is 24.3 Å². The number of ether oxygens (including phenoxy) is 2. The standard InChI is InChI=1S/C14H21NO3/c1-5-12(18-14(16)15-3)13(17-4)11-9-7-6-8-10(11)2/h6-9,12-13H,5H2,1-4H3,(H,15,16). The number of hydrogen-bond donors (Lipinski definition) is 1. The summed E-state index contributed by atoms with van der Waals surface area (Å²) in [6, 6.07) is 7.96. The molecular weight excluding hydrogens is 230 g/mol. The third-order valence-corrected chi connectivity index (χ3v) is 2.95. The number of carbonyl (C=O) groups excluding carboxylic acids is 1. The first-order chi connectivity index (χ1) is 8.63. The molecular formula is C14H21NO3. The monoisotopic (exact) mass is 251 g/mol. The third kappa shape index (κ3) is 3.47. The lowest BCUT2D eigenvalue weighted by Crippen LogP contribution is -2.31. The van der Waals surface area contributed by atoms with Crippen molar-refractivity contribution in [1.29, 1.82) is 0 Å². The maximum absolute atomic E-state index is 11.3. The van der Waals surface area contributed by atoms with E-state index in [2.05, 4.69) is 5.32 Å². The molecule has 0 saturated heterocycles. The lowest BCUT2D eigenvalue weighted by molar-refractivity contribution is -0.0251. The average molecular weight is 251 g/mol. The largest absolute Gasteiger partial charge is 0.443 e. The minimum atomic E-state index is -0.433. The van der Waals surface area contributed by atoms with Gasteiger partial charge < -0.3 is 14.8 Å². The first-order valence-corrected chi connectivity index (χ1v) is 6.10. The van der Waals surface area contributed by atoms with Crippen LogP contribution in [0, 0.1) is 6.92 Å². The molecule has 0 aliphatic heterocycles. The molecule has 0 saturated carbocycles. The summed E-state index contributed by atoms with van der Waals surface area (Å²) in [6.07, 6.45) is -0.276. The van der Waals surface area contributed by atoms with Crippen LogP contribution in [-0.2, 0) is 9.47 Å². The Labute approximate surface area is 108 Å². The Morgan fingerprint density at radius 3 is 2.56 bits per heavy atom. The smallest absolute Gasteiger partial charge is 0.407 e. The van der Waals surface area contributed by atoms with Gasteiger partial charge in [0.15, 0.2) is 0 Å². The van der Waals surface area contributed by atoms with Gasteiger partial charge in [-0.05, 0) is 24.5 Å². The minimum absolute atomic E-state index is 0.242. The summed E-state index contributed by atoms with van der Waals surface area (Å²) in [6.45, 7) is 3.99. The maximum Gasteiger partial charge on any atom is 0.407 e. The first-order valence-electron chi connectivity index (χ1n) is 6.10. The molecule has 0 bridgehead atoms. The van der Waals surface area contributed by atoms with E-state index in [1.165, 1.54) is 0 Å². The highest BCUT2D eigenvalue weighted by atomic mass is 16.6. The molecule has 4 nitrogen and oxygen atoms in total. The Morgan fingerprint density at radius 1 is 1.39 bits per heavy atom. The number of rotatable bonds is 5. The molecule has 2 unspecified atom stereocenters. The summed E-state index contributed by atoms with van der Waals surface area (Å²) in [5.41, 5.74) is 2.18. The second-order valence-corrected chi connectivity index (χ2v) is 4.11. The van der Waals surface area contributed by atoms with Crippen molar-refractivity contribution < 1.29 is 14.3 Å². The number of aryl methyl sites for hydroxylation is 1. The summed E-state index contributed by atoms with van der Waals surface area (Å²) in [7, 11) is 3.18. The van der Waals surface area contributed by atoms with E-state index in [-0.39, 0.29) is 12.2 Å². The number of hydrogen-bond acceptors (Lipinski definition) is 3. The van der Waals surface area contributed by atoms with Gasteiger partial charge in [-0.1, -0.05) is 31.2 Å².